The van der Waals surface area contributed by atoms with Crippen LogP contribution in [0.1, 0.15) is 45.2 Å². The van der Waals surface area contributed by atoms with E-state index in [1.165, 1.54) is 5.56 Å². The van der Waals surface area contributed by atoms with Gasteiger partial charge >= 0.3 is 0 Å². The predicted octanol–water partition coefficient (Wildman–Crippen LogP) is 3.21. The second-order valence-electron chi connectivity index (χ2n) is 5.42. The molecule has 20 heavy (non-hydrogen) atoms. The maximum atomic E-state index is 6.31. The molecular formula is C17H30N2O. The summed E-state index contributed by atoms with van der Waals surface area (Å²) in [6.45, 7) is 8.25. The van der Waals surface area contributed by atoms with Crippen molar-refractivity contribution in [3.05, 3.63) is 35.9 Å². The van der Waals surface area contributed by atoms with Gasteiger partial charge in [0.1, 0.15) is 0 Å². The minimum Gasteiger partial charge on any atom is -0.383 e. The fourth-order valence-electron chi connectivity index (χ4n) is 2.95. The Morgan fingerprint density at radius 2 is 1.75 bits per heavy atom. The molecule has 2 N–H and O–H groups in total. The number of methoxy groups -OCH3 is 1. The average Bonchev–Trinajstić information content (AvgIpc) is 2.46. The lowest BCUT2D eigenvalue weighted by Gasteiger charge is -2.39. The van der Waals surface area contributed by atoms with Crippen LogP contribution in [0.5, 0.6) is 0 Å². The molecule has 0 saturated carbocycles. The van der Waals surface area contributed by atoms with Crippen LogP contribution in [-0.2, 0) is 4.74 Å². The van der Waals surface area contributed by atoms with Gasteiger partial charge in [0.25, 0.3) is 0 Å². The van der Waals surface area contributed by atoms with Crippen molar-refractivity contribution >= 4 is 0 Å². The van der Waals surface area contributed by atoms with Gasteiger partial charge < -0.3 is 10.5 Å². The van der Waals surface area contributed by atoms with E-state index in [4.69, 9.17) is 10.5 Å². The fourth-order valence-corrected chi connectivity index (χ4v) is 2.95. The highest BCUT2D eigenvalue weighted by Crippen LogP contribution is 2.27. The summed E-state index contributed by atoms with van der Waals surface area (Å²) in [7, 11) is 1.76. The lowest BCUT2D eigenvalue weighted by atomic mass is 9.96. The van der Waals surface area contributed by atoms with Gasteiger partial charge in [0, 0.05) is 31.8 Å². The number of hydrogen-bond donors (Lipinski definition) is 1. The number of hydrogen-bond acceptors (Lipinski definition) is 3. The summed E-state index contributed by atoms with van der Waals surface area (Å²) in [4.78, 5) is 2.52. The van der Waals surface area contributed by atoms with Crippen LogP contribution in [0.2, 0.25) is 0 Å². The Balaban J connectivity index is 3.04. The molecule has 0 aliphatic carbocycles. The van der Waals surface area contributed by atoms with E-state index < -0.39 is 0 Å². The van der Waals surface area contributed by atoms with Crippen LogP contribution >= 0.6 is 0 Å². The van der Waals surface area contributed by atoms with Crippen molar-refractivity contribution in [1.82, 2.24) is 4.90 Å². The van der Waals surface area contributed by atoms with Crippen LogP contribution in [-0.4, -0.2) is 37.2 Å². The van der Waals surface area contributed by atoms with Crippen molar-refractivity contribution < 1.29 is 4.74 Å². The summed E-state index contributed by atoms with van der Waals surface area (Å²) in [5, 5.41) is 0. The first-order chi connectivity index (χ1) is 9.65. The molecule has 0 fully saturated rings. The second-order valence-corrected chi connectivity index (χ2v) is 5.42. The van der Waals surface area contributed by atoms with Crippen molar-refractivity contribution in [2.75, 3.05) is 20.3 Å². The van der Waals surface area contributed by atoms with E-state index in [9.17, 15) is 0 Å². The summed E-state index contributed by atoms with van der Waals surface area (Å²) < 4.78 is 5.29. The molecule has 1 aromatic rings. The smallest absolute Gasteiger partial charge is 0.0590 e. The highest BCUT2D eigenvalue weighted by atomic mass is 16.5. The SMILES string of the molecule is CCC(CC)N(CCOC)C(c1ccccc1)C(C)N. The minimum atomic E-state index is 0.0925. The molecule has 114 valence electrons. The quantitative estimate of drug-likeness (QED) is 0.754. The average molecular weight is 278 g/mol. The lowest BCUT2D eigenvalue weighted by molar-refractivity contribution is 0.0702. The molecule has 0 saturated heterocycles. The number of nitrogens with zero attached hydrogens (tertiary/aromatic N) is 1. The molecule has 3 nitrogen and oxygen atoms in total. The van der Waals surface area contributed by atoms with Gasteiger partial charge in [-0.3, -0.25) is 4.90 Å². The highest BCUT2D eigenvalue weighted by Gasteiger charge is 2.28. The zero-order chi connectivity index (χ0) is 15.0. The van der Waals surface area contributed by atoms with Crippen LogP contribution in [0.3, 0.4) is 0 Å². The first-order valence-corrected chi connectivity index (χ1v) is 7.70. The third-order valence-electron chi connectivity index (χ3n) is 3.96. The van der Waals surface area contributed by atoms with Crippen LogP contribution in [0.4, 0.5) is 0 Å². The second kappa shape index (κ2) is 9.11. The zero-order valence-electron chi connectivity index (χ0n) is 13.4. The molecule has 0 radical (unpaired) electrons. The topological polar surface area (TPSA) is 38.5 Å². The normalized spacial score (nSPS) is 14.8. The Bertz CT molecular complexity index is 349. The molecule has 2 unspecified atom stereocenters. The van der Waals surface area contributed by atoms with Crippen LogP contribution in [0.25, 0.3) is 0 Å². The van der Waals surface area contributed by atoms with Gasteiger partial charge in [0.15, 0.2) is 0 Å². The third-order valence-corrected chi connectivity index (χ3v) is 3.96. The number of ether oxygens (including phenoxy) is 1. The number of rotatable bonds is 9. The van der Waals surface area contributed by atoms with Crippen molar-refractivity contribution in [1.29, 1.82) is 0 Å². The van der Waals surface area contributed by atoms with Crippen molar-refractivity contribution in [2.24, 2.45) is 5.73 Å². The van der Waals surface area contributed by atoms with E-state index >= 15 is 0 Å². The maximum absolute atomic E-state index is 6.31. The molecular weight excluding hydrogens is 248 g/mol. The molecule has 0 amide bonds. The van der Waals surface area contributed by atoms with Crippen molar-refractivity contribution in [3.63, 3.8) is 0 Å². The molecule has 0 spiro atoms. The van der Waals surface area contributed by atoms with E-state index in [1.807, 2.05) is 0 Å². The van der Waals surface area contributed by atoms with Crippen LogP contribution in [0.15, 0.2) is 30.3 Å². The summed E-state index contributed by atoms with van der Waals surface area (Å²) in [6, 6.07) is 11.5. The summed E-state index contributed by atoms with van der Waals surface area (Å²) in [6.07, 6.45) is 2.27. The maximum Gasteiger partial charge on any atom is 0.0590 e. The first kappa shape index (κ1) is 17.2. The molecule has 1 aromatic carbocycles. The highest BCUT2D eigenvalue weighted by molar-refractivity contribution is 5.20. The summed E-state index contributed by atoms with van der Waals surface area (Å²) in [5.74, 6) is 0. The van der Waals surface area contributed by atoms with E-state index in [2.05, 4.69) is 56.0 Å². The monoisotopic (exact) mass is 278 g/mol. The fraction of sp³-hybridized carbons (Fsp3) is 0.647. The molecule has 0 aliphatic heterocycles. The van der Waals surface area contributed by atoms with Gasteiger partial charge in [0.05, 0.1) is 6.61 Å². The Kier molecular flexibility index (Phi) is 7.82. The lowest BCUT2D eigenvalue weighted by Crippen LogP contribution is -2.46. The Labute approximate surface area is 124 Å². The van der Waals surface area contributed by atoms with Gasteiger partial charge in [-0.05, 0) is 25.3 Å². The zero-order valence-corrected chi connectivity index (χ0v) is 13.4. The molecule has 3 heteroatoms. The Morgan fingerprint density at radius 1 is 1.15 bits per heavy atom. The first-order valence-electron chi connectivity index (χ1n) is 7.70. The molecule has 0 heterocycles. The van der Waals surface area contributed by atoms with E-state index in [0.717, 1.165) is 26.0 Å². The van der Waals surface area contributed by atoms with Crippen LogP contribution in [0, 0.1) is 0 Å². The van der Waals surface area contributed by atoms with E-state index in [-0.39, 0.29) is 12.1 Å². The van der Waals surface area contributed by atoms with E-state index in [0.29, 0.717) is 6.04 Å². The largest absolute Gasteiger partial charge is 0.383 e. The van der Waals surface area contributed by atoms with Crippen molar-refractivity contribution in [3.8, 4) is 0 Å². The standard InChI is InChI=1S/C17H30N2O/c1-5-16(6-2)19(12-13-20-4)17(14(3)18)15-10-8-7-9-11-15/h7-11,14,16-17H,5-6,12-13,18H2,1-4H3. The van der Waals surface area contributed by atoms with Gasteiger partial charge in [0.2, 0.25) is 0 Å². The van der Waals surface area contributed by atoms with Gasteiger partial charge in [-0.1, -0.05) is 44.2 Å². The Morgan fingerprint density at radius 3 is 2.20 bits per heavy atom. The third kappa shape index (κ3) is 4.58. The predicted molar refractivity (Wildman–Crippen MR) is 85.8 cm³/mol. The number of nitrogens with two attached hydrogens (primary N) is 1. The van der Waals surface area contributed by atoms with E-state index in [1.54, 1.807) is 7.11 Å². The van der Waals surface area contributed by atoms with Gasteiger partial charge in [-0.2, -0.15) is 0 Å². The van der Waals surface area contributed by atoms with Gasteiger partial charge in [-0.25, -0.2) is 0 Å². The van der Waals surface area contributed by atoms with Crippen LogP contribution < -0.4 is 5.73 Å². The van der Waals surface area contributed by atoms with Crippen molar-refractivity contribution in [2.45, 2.75) is 51.7 Å². The number of benzene rings is 1. The molecule has 1 rings (SSSR count). The summed E-state index contributed by atoms with van der Waals surface area (Å²) in [5.41, 5.74) is 7.60. The van der Waals surface area contributed by atoms with Gasteiger partial charge in [-0.15, -0.1) is 0 Å². The Hall–Kier alpha value is -0.900. The summed E-state index contributed by atoms with van der Waals surface area (Å²) >= 11 is 0. The molecule has 0 aromatic heterocycles. The molecule has 0 bridgehead atoms. The minimum absolute atomic E-state index is 0.0925. The molecule has 2 atom stereocenters. The molecule has 0 aliphatic rings.